The van der Waals surface area contributed by atoms with E-state index in [0.29, 0.717) is 37.6 Å². The van der Waals surface area contributed by atoms with Gasteiger partial charge >= 0.3 is 11.8 Å². The number of halogens is 1. The lowest BCUT2D eigenvalue weighted by Crippen LogP contribution is -2.51. The van der Waals surface area contributed by atoms with Gasteiger partial charge in [-0.3, -0.25) is 9.59 Å². The van der Waals surface area contributed by atoms with E-state index in [9.17, 15) is 14.0 Å². The van der Waals surface area contributed by atoms with Gasteiger partial charge in [0.1, 0.15) is 5.82 Å². The number of nitrogens with zero attached hydrogens (tertiary/aromatic N) is 2. The Morgan fingerprint density at radius 1 is 0.962 bits per heavy atom. The Morgan fingerprint density at radius 2 is 1.58 bits per heavy atom. The molecule has 1 aliphatic rings. The van der Waals surface area contributed by atoms with Gasteiger partial charge in [-0.25, -0.2) is 4.39 Å². The van der Waals surface area contributed by atoms with E-state index < -0.39 is 11.8 Å². The van der Waals surface area contributed by atoms with Gasteiger partial charge in [0.05, 0.1) is 5.69 Å². The van der Waals surface area contributed by atoms with Gasteiger partial charge in [0, 0.05) is 31.9 Å². The van der Waals surface area contributed by atoms with E-state index in [1.54, 1.807) is 18.2 Å². The largest absolute Gasteiger partial charge is 0.366 e. The number of anilines is 2. The third-order valence-corrected chi connectivity index (χ3v) is 4.43. The quantitative estimate of drug-likeness (QED) is 0.843. The van der Waals surface area contributed by atoms with Crippen LogP contribution >= 0.6 is 0 Å². The molecule has 2 amide bonds. The molecule has 1 saturated heterocycles. The molecule has 0 aliphatic carbocycles. The zero-order chi connectivity index (χ0) is 18.7. The summed E-state index contributed by atoms with van der Waals surface area (Å²) < 4.78 is 13.9. The first kappa shape index (κ1) is 17.9. The normalized spacial score (nSPS) is 14.3. The van der Waals surface area contributed by atoms with Gasteiger partial charge in [-0.15, -0.1) is 0 Å². The SMILES string of the molecule is Cc1cc(C)cc(NC(=O)C(=O)N2CCN(c3ccccc3F)CC2)c1. The monoisotopic (exact) mass is 355 g/mol. The Morgan fingerprint density at radius 3 is 2.19 bits per heavy atom. The number of amides is 2. The molecule has 1 aliphatic heterocycles. The molecule has 0 unspecified atom stereocenters. The second-order valence-electron chi connectivity index (χ2n) is 6.56. The maximum Gasteiger partial charge on any atom is 0.313 e. The molecular formula is C20H22FN3O2. The summed E-state index contributed by atoms with van der Waals surface area (Å²) in [6.45, 7) is 5.62. The molecule has 2 aromatic carbocycles. The minimum absolute atomic E-state index is 0.278. The van der Waals surface area contributed by atoms with Crippen LogP contribution in [0.1, 0.15) is 11.1 Å². The van der Waals surface area contributed by atoms with Gasteiger partial charge in [0.2, 0.25) is 0 Å². The number of nitrogens with one attached hydrogen (secondary N) is 1. The molecule has 2 aromatic rings. The molecule has 0 radical (unpaired) electrons. The second-order valence-corrected chi connectivity index (χ2v) is 6.56. The zero-order valence-electron chi connectivity index (χ0n) is 15.0. The molecule has 26 heavy (non-hydrogen) atoms. The van der Waals surface area contributed by atoms with Crippen molar-refractivity contribution < 1.29 is 14.0 Å². The van der Waals surface area contributed by atoms with Crippen molar-refractivity contribution in [2.45, 2.75) is 13.8 Å². The van der Waals surface area contributed by atoms with Crippen LogP contribution in [0.25, 0.3) is 0 Å². The van der Waals surface area contributed by atoms with Crippen molar-refractivity contribution in [2.75, 3.05) is 36.4 Å². The highest BCUT2D eigenvalue weighted by Gasteiger charge is 2.27. The average molecular weight is 355 g/mol. The summed E-state index contributed by atoms with van der Waals surface area (Å²) in [5.41, 5.74) is 3.18. The van der Waals surface area contributed by atoms with E-state index in [1.165, 1.54) is 11.0 Å². The van der Waals surface area contributed by atoms with Gasteiger partial charge in [0.25, 0.3) is 0 Å². The minimum atomic E-state index is -0.644. The summed E-state index contributed by atoms with van der Waals surface area (Å²) in [5.74, 6) is -1.48. The maximum atomic E-state index is 13.9. The molecule has 0 spiro atoms. The number of hydrogen-bond donors (Lipinski definition) is 1. The Bertz CT molecular complexity index is 809. The maximum absolute atomic E-state index is 13.9. The van der Waals surface area contributed by atoms with Crippen LogP contribution in [0.2, 0.25) is 0 Å². The van der Waals surface area contributed by atoms with Crippen molar-refractivity contribution in [3.63, 3.8) is 0 Å². The molecule has 6 heteroatoms. The number of rotatable bonds is 2. The number of benzene rings is 2. The van der Waals surface area contributed by atoms with E-state index in [2.05, 4.69) is 5.32 Å². The van der Waals surface area contributed by atoms with E-state index in [-0.39, 0.29) is 5.82 Å². The van der Waals surface area contributed by atoms with Gasteiger partial charge in [-0.2, -0.15) is 0 Å². The van der Waals surface area contributed by atoms with Crippen LogP contribution in [-0.4, -0.2) is 42.9 Å². The van der Waals surface area contributed by atoms with Crippen LogP contribution in [0, 0.1) is 19.7 Å². The molecule has 1 fully saturated rings. The molecular weight excluding hydrogens is 333 g/mol. The number of carbonyl (C=O) groups excluding carboxylic acids is 2. The second kappa shape index (κ2) is 7.56. The summed E-state index contributed by atoms with van der Waals surface area (Å²) in [6, 6.07) is 12.2. The fourth-order valence-electron chi connectivity index (χ4n) is 3.23. The van der Waals surface area contributed by atoms with E-state index in [1.807, 2.05) is 36.9 Å². The fraction of sp³-hybridized carbons (Fsp3) is 0.300. The van der Waals surface area contributed by atoms with Crippen LogP contribution < -0.4 is 10.2 Å². The molecule has 0 saturated carbocycles. The first-order chi connectivity index (χ1) is 12.4. The number of para-hydroxylation sites is 1. The molecule has 5 nitrogen and oxygen atoms in total. The molecule has 1 N–H and O–H groups in total. The van der Waals surface area contributed by atoms with Gasteiger partial charge in [-0.1, -0.05) is 18.2 Å². The topological polar surface area (TPSA) is 52.7 Å². The summed E-state index contributed by atoms with van der Waals surface area (Å²) >= 11 is 0. The lowest BCUT2D eigenvalue weighted by atomic mass is 10.1. The third kappa shape index (κ3) is 4.02. The molecule has 3 rings (SSSR count). The smallest absolute Gasteiger partial charge is 0.313 e. The number of piperazine rings is 1. The molecule has 0 atom stereocenters. The summed E-state index contributed by atoms with van der Waals surface area (Å²) in [5, 5.41) is 2.67. The van der Waals surface area contributed by atoms with Crippen LogP contribution in [0.3, 0.4) is 0 Å². The van der Waals surface area contributed by atoms with E-state index in [4.69, 9.17) is 0 Å². The summed E-state index contributed by atoms with van der Waals surface area (Å²) in [4.78, 5) is 28.1. The lowest BCUT2D eigenvalue weighted by Gasteiger charge is -2.35. The Hall–Kier alpha value is -2.89. The van der Waals surface area contributed by atoms with Crippen molar-refractivity contribution in [1.82, 2.24) is 4.90 Å². The number of carbonyl (C=O) groups is 2. The Balaban J connectivity index is 1.59. The van der Waals surface area contributed by atoms with Gasteiger partial charge in [-0.05, 0) is 49.2 Å². The van der Waals surface area contributed by atoms with Crippen molar-refractivity contribution in [3.8, 4) is 0 Å². The highest BCUT2D eigenvalue weighted by Crippen LogP contribution is 2.20. The van der Waals surface area contributed by atoms with E-state index >= 15 is 0 Å². The molecule has 0 bridgehead atoms. The average Bonchev–Trinajstić information content (AvgIpc) is 2.61. The summed E-state index contributed by atoms with van der Waals surface area (Å²) in [7, 11) is 0. The fourth-order valence-corrected chi connectivity index (χ4v) is 3.23. The minimum Gasteiger partial charge on any atom is -0.366 e. The molecule has 1 heterocycles. The van der Waals surface area contributed by atoms with Crippen LogP contribution in [0.4, 0.5) is 15.8 Å². The predicted octanol–water partition coefficient (Wildman–Crippen LogP) is 2.73. The molecule has 0 aromatic heterocycles. The van der Waals surface area contributed by atoms with Crippen molar-refractivity contribution in [1.29, 1.82) is 0 Å². The molecule has 136 valence electrons. The highest BCUT2D eigenvalue weighted by atomic mass is 19.1. The zero-order valence-corrected chi connectivity index (χ0v) is 15.0. The van der Waals surface area contributed by atoms with Gasteiger partial charge < -0.3 is 15.1 Å². The van der Waals surface area contributed by atoms with Crippen molar-refractivity contribution in [3.05, 3.63) is 59.4 Å². The Kier molecular flexibility index (Phi) is 5.21. The highest BCUT2D eigenvalue weighted by molar-refractivity contribution is 6.39. The van der Waals surface area contributed by atoms with E-state index in [0.717, 1.165) is 11.1 Å². The van der Waals surface area contributed by atoms with Crippen molar-refractivity contribution in [2.24, 2.45) is 0 Å². The summed E-state index contributed by atoms with van der Waals surface area (Å²) in [6.07, 6.45) is 0. The first-order valence-corrected chi connectivity index (χ1v) is 8.62. The third-order valence-electron chi connectivity index (χ3n) is 4.43. The Labute approximate surface area is 152 Å². The van der Waals surface area contributed by atoms with Crippen molar-refractivity contribution >= 4 is 23.2 Å². The van der Waals surface area contributed by atoms with Crippen LogP contribution in [0.5, 0.6) is 0 Å². The first-order valence-electron chi connectivity index (χ1n) is 8.62. The van der Waals surface area contributed by atoms with Crippen LogP contribution in [0.15, 0.2) is 42.5 Å². The van der Waals surface area contributed by atoms with Gasteiger partial charge in [0.15, 0.2) is 0 Å². The lowest BCUT2D eigenvalue weighted by molar-refractivity contribution is -0.143. The predicted molar refractivity (Wildman–Crippen MR) is 99.7 cm³/mol. The van der Waals surface area contributed by atoms with Crippen LogP contribution in [-0.2, 0) is 9.59 Å². The number of aryl methyl sites for hydroxylation is 2. The standard InChI is InChI=1S/C20H22FN3O2/c1-14-11-15(2)13-16(12-14)22-19(25)20(26)24-9-7-23(8-10-24)18-6-4-3-5-17(18)21/h3-6,11-13H,7-10H2,1-2H3,(H,22,25). The number of hydrogen-bond acceptors (Lipinski definition) is 3.